The molecule has 2 heterocycles. The number of nitrogen functional groups attached to an aromatic ring is 1. The maximum absolute atomic E-state index is 5.53. The fourth-order valence-corrected chi connectivity index (χ4v) is 1.31. The Bertz CT molecular complexity index is 345. The minimum Gasteiger partial charge on any atom is -0.382 e. The van der Waals surface area contributed by atoms with Crippen molar-refractivity contribution < 1.29 is 0 Å². The molecule has 0 saturated carbocycles. The fraction of sp³-hybridized carbons (Fsp3) is 0.333. The zero-order valence-electron chi connectivity index (χ0n) is 7.49. The lowest BCUT2D eigenvalue weighted by molar-refractivity contribution is 0.820. The lowest BCUT2D eigenvalue weighted by Gasteiger charge is -2.19. The first-order valence-corrected chi connectivity index (χ1v) is 4.37. The van der Waals surface area contributed by atoms with E-state index in [-0.39, 0.29) is 0 Å². The van der Waals surface area contributed by atoms with Gasteiger partial charge in [0.1, 0.15) is 11.5 Å². The standard InChI is InChI=1S/C9H12N4/c1-2-6-3-4-7-9(12-6)13-8(10)5-11-7/h3-6H,2H2,1H3,(H3,10,12,13). The van der Waals surface area contributed by atoms with Gasteiger partial charge in [-0.3, -0.25) is 0 Å². The van der Waals surface area contributed by atoms with Crippen molar-refractivity contribution in [3.8, 4) is 0 Å². The van der Waals surface area contributed by atoms with Crippen LogP contribution in [-0.4, -0.2) is 16.0 Å². The highest BCUT2D eigenvalue weighted by molar-refractivity contribution is 5.65. The van der Waals surface area contributed by atoms with Gasteiger partial charge in [-0.05, 0) is 12.5 Å². The molecule has 1 unspecified atom stereocenters. The van der Waals surface area contributed by atoms with E-state index in [1.165, 1.54) is 0 Å². The maximum atomic E-state index is 5.53. The second-order valence-electron chi connectivity index (χ2n) is 3.05. The molecule has 1 aromatic rings. The molecular formula is C9H12N4. The summed E-state index contributed by atoms with van der Waals surface area (Å²) in [6.45, 7) is 2.12. The van der Waals surface area contributed by atoms with Crippen molar-refractivity contribution in [1.82, 2.24) is 9.97 Å². The SMILES string of the molecule is CCC1C=Cc2ncc(N)nc2N1. The van der Waals surface area contributed by atoms with Crippen LogP contribution in [0.4, 0.5) is 11.6 Å². The average Bonchev–Trinajstić information content (AvgIpc) is 2.16. The van der Waals surface area contributed by atoms with E-state index in [0.29, 0.717) is 11.9 Å². The number of nitrogens with zero attached hydrogens (tertiary/aromatic N) is 2. The van der Waals surface area contributed by atoms with E-state index < -0.39 is 0 Å². The average molecular weight is 176 g/mol. The molecule has 0 bridgehead atoms. The Balaban J connectivity index is 2.36. The van der Waals surface area contributed by atoms with Crippen molar-refractivity contribution in [1.29, 1.82) is 0 Å². The fourth-order valence-electron chi connectivity index (χ4n) is 1.31. The molecule has 0 spiro atoms. The van der Waals surface area contributed by atoms with Crippen LogP contribution in [0.15, 0.2) is 12.3 Å². The van der Waals surface area contributed by atoms with Gasteiger partial charge >= 0.3 is 0 Å². The molecule has 13 heavy (non-hydrogen) atoms. The predicted octanol–water partition coefficient (Wildman–Crippen LogP) is 1.28. The first-order chi connectivity index (χ1) is 6.29. The van der Waals surface area contributed by atoms with Gasteiger partial charge in [0.05, 0.1) is 6.20 Å². The van der Waals surface area contributed by atoms with E-state index in [9.17, 15) is 0 Å². The van der Waals surface area contributed by atoms with Gasteiger partial charge in [0.25, 0.3) is 0 Å². The third-order valence-corrected chi connectivity index (χ3v) is 2.07. The lowest BCUT2D eigenvalue weighted by Crippen LogP contribution is -2.20. The monoisotopic (exact) mass is 176 g/mol. The lowest BCUT2D eigenvalue weighted by atomic mass is 10.1. The number of hydrogen-bond acceptors (Lipinski definition) is 4. The number of fused-ring (bicyclic) bond motifs is 1. The van der Waals surface area contributed by atoms with Crippen molar-refractivity contribution in [2.24, 2.45) is 0 Å². The first kappa shape index (κ1) is 8.04. The zero-order chi connectivity index (χ0) is 9.26. The van der Waals surface area contributed by atoms with Gasteiger partial charge in [0, 0.05) is 6.04 Å². The number of nitrogens with one attached hydrogen (secondary N) is 1. The Kier molecular flexibility index (Phi) is 1.88. The highest BCUT2D eigenvalue weighted by atomic mass is 15.1. The van der Waals surface area contributed by atoms with Crippen molar-refractivity contribution >= 4 is 17.7 Å². The highest BCUT2D eigenvalue weighted by Crippen LogP contribution is 2.20. The smallest absolute Gasteiger partial charge is 0.154 e. The third-order valence-electron chi connectivity index (χ3n) is 2.07. The largest absolute Gasteiger partial charge is 0.382 e. The van der Waals surface area contributed by atoms with Crippen LogP contribution in [0.1, 0.15) is 19.0 Å². The molecule has 4 nitrogen and oxygen atoms in total. The van der Waals surface area contributed by atoms with E-state index in [0.717, 1.165) is 17.9 Å². The molecule has 4 heteroatoms. The van der Waals surface area contributed by atoms with Gasteiger partial charge in [-0.2, -0.15) is 0 Å². The molecule has 0 aliphatic carbocycles. The van der Waals surface area contributed by atoms with Gasteiger partial charge in [0.2, 0.25) is 0 Å². The van der Waals surface area contributed by atoms with Crippen molar-refractivity contribution in [2.45, 2.75) is 19.4 Å². The number of nitrogens with two attached hydrogens (primary N) is 1. The van der Waals surface area contributed by atoms with Gasteiger partial charge in [0.15, 0.2) is 5.82 Å². The van der Waals surface area contributed by atoms with Gasteiger partial charge < -0.3 is 11.1 Å². The summed E-state index contributed by atoms with van der Waals surface area (Å²) in [5, 5.41) is 3.25. The Hall–Kier alpha value is -1.58. The summed E-state index contributed by atoms with van der Waals surface area (Å²) >= 11 is 0. The van der Waals surface area contributed by atoms with Crippen molar-refractivity contribution in [3.63, 3.8) is 0 Å². The molecule has 68 valence electrons. The summed E-state index contributed by atoms with van der Waals surface area (Å²) in [5.41, 5.74) is 6.39. The van der Waals surface area contributed by atoms with Crippen molar-refractivity contribution in [2.75, 3.05) is 11.1 Å². The zero-order valence-corrected chi connectivity index (χ0v) is 7.49. The molecule has 0 radical (unpaired) electrons. The van der Waals surface area contributed by atoms with Crippen LogP contribution in [-0.2, 0) is 0 Å². The molecule has 0 aromatic carbocycles. The molecule has 1 aromatic heterocycles. The Morgan fingerprint density at radius 2 is 2.46 bits per heavy atom. The van der Waals surface area contributed by atoms with Crippen LogP contribution in [0.2, 0.25) is 0 Å². The van der Waals surface area contributed by atoms with Gasteiger partial charge in [-0.1, -0.05) is 13.0 Å². The van der Waals surface area contributed by atoms with E-state index in [1.807, 2.05) is 6.08 Å². The minimum atomic E-state index is 0.351. The first-order valence-electron chi connectivity index (χ1n) is 4.37. The van der Waals surface area contributed by atoms with E-state index in [4.69, 9.17) is 5.73 Å². The van der Waals surface area contributed by atoms with E-state index in [2.05, 4.69) is 28.3 Å². The normalized spacial score (nSPS) is 19.3. The highest BCUT2D eigenvalue weighted by Gasteiger charge is 2.12. The van der Waals surface area contributed by atoms with E-state index in [1.54, 1.807) is 6.20 Å². The number of hydrogen-bond donors (Lipinski definition) is 2. The van der Waals surface area contributed by atoms with Crippen LogP contribution in [0.25, 0.3) is 6.08 Å². The van der Waals surface area contributed by atoms with E-state index >= 15 is 0 Å². The Labute approximate surface area is 76.9 Å². The summed E-state index contributed by atoms with van der Waals surface area (Å²) in [6.07, 6.45) is 6.67. The quantitative estimate of drug-likeness (QED) is 0.676. The molecule has 2 rings (SSSR count). The summed E-state index contributed by atoms with van der Waals surface area (Å²) in [5.74, 6) is 1.24. The summed E-state index contributed by atoms with van der Waals surface area (Å²) in [4.78, 5) is 8.32. The van der Waals surface area contributed by atoms with Crippen molar-refractivity contribution in [3.05, 3.63) is 18.0 Å². The van der Waals surface area contributed by atoms with Gasteiger partial charge in [-0.15, -0.1) is 0 Å². The molecule has 1 aliphatic rings. The molecule has 3 N–H and O–H groups in total. The Morgan fingerprint density at radius 1 is 1.62 bits per heavy atom. The molecule has 0 amide bonds. The predicted molar refractivity (Wildman–Crippen MR) is 53.2 cm³/mol. The number of rotatable bonds is 1. The second-order valence-corrected chi connectivity index (χ2v) is 3.05. The third kappa shape index (κ3) is 1.47. The maximum Gasteiger partial charge on any atom is 0.154 e. The molecule has 1 atom stereocenters. The number of aromatic nitrogens is 2. The molecular weight excluding hydrogens is 164 g/mol. The number of anilines is 2. The molecule has 1 aliphatic heterocycles. The summed E-state index contributed by atoms with van der Waals surface area (Å²) < 4.78 is 0. The van der Waals surface area contributed by atoms with Crippen LogP contribution in [0, 0.1) is 0 Å². The summed E-state index contributed by atoms with van der Waals surface area (Å²) in [6, 6.07) is 0.351. The topological polar surface area (TPSA) is 63.8 Å². The van der Waals surface area contributed by atoms with Gasteiger partial charge in [-0.25, -0.2) is 9.97 Å². The molecule has 0 fully saturated rings. The summed E-state index contributed by atoms with van der Waals surface area (Å²) in [7, 11) is 0. The van der Waals surface area contributed by atoms with Crippen LogP contribution in [0.3, 0.4) is 0 Å². The van der Waals surface area contributed by atoms with Crippen LogP contribution < -0.4 is 11.1 Å². The van der Waals surface area contributed by atoms with Crippen LogP contribution >= 0.6 is 0 Å². The molecule has 0 saturated heterocycles. The second kappa shape index (κ2) is 3.05. The van der Waals surface area contributed by atoms with Crippen LogP contribution in [0.5, 0.6) is 0 Å². The Morgan fingerprint density at radius 3 is 3.23 bits per heavy atom. The minimum absolute atomic E-state index is 0.351.